The van der Waals surface area contributed by atoms with E-state index in [0.29, 0.717) is 19.8 Å². The molecule has 1 aliphatic rings. The maximum absolute atomic E-state index is 5.70. The smallest absolute Gasteiger partial charge is 0.161 e. The average molecular weight is 259 g/mol. The molecule has 0 aliphatic carbocycles. The van der Waals surface area contributed by atoms with Crippen LogP contribution in [0.25, 0.3) is 11.3 Å². The van der Waals surface area contributed by atoms with Crippen LogP contribution in [-0.2, 0) is 6.42 Å². The Morgan fingerprint density at radius 1 is 1.21 bits per heavy atom. The minimum Gasteiger partial charge on any atom is -0.490 e. The van der Waals surface area contributed by atoms with E-state index in [9.17, 15) is 0 Å². The van der Waals surface area contributed by atoms with E-state index in [1.165, 1.54) is 0 Å². The molecule has 2 aromatic rings. The Morgan fingerprint density at radius 2 is 2.05 bits per heavy atom. The van der Waals surface area contributed by atoms with Crippen LogP contribution in [0.4, 0.5) is 0 Å². The van der Waals surface area contributed by atoms with Gasteiger partial charge in [-0.1, -0.05) is 0 Å². The molecule has 0 saturated heterocycles. The molecule has 3 rings (SSSR count). The molecule has 0 spiro atoms. The molecule has 3 N–H and O–H groups in total. The molecule has 100 valence electrons. The summed E-state index contributed by atoms with van der Waals surface area (Å²) in [5.41, 5.74) is 8.61. The Bertz CT molecular complexity index is 566. The first-order valence-corrected chi connectivity index (χ1v) is 6.51. The second kappa shape index (κ2) is 5.32. The number of H-pyrrole nitrogens is 1. The van der Waals surface area contributed by atoms with Crippen molar-refractivity contribution in [3.63, 3.8) is 0 Å². The fourth-order valence-electron chi connectivity index (χ4n) is 2.22. The van der Waals surface area contributed by atoms with Crippen LogP contribution in [0, 0.1) is 0 Å². The topological polar surface area (TPSA) is 73.2 Å². The van der Waals surface area contributed by atoms with Crippen molar-refractivity contribution in [3.05, 3.63) is 30.2 Å². The predicted octanol–water partition coefficient (Wildman–Crippen LogP) is 1.74. The highest BCUT2D eigenvalue weighted by Gasteiger charge is 2.14. The van der Waals surface area contributed by atoms with Gasteiger partial charge in [-0.15, -0.1) is 0 Å². The molecule has 0 fully saturated rings. The Hall–Kier alpha value is -2.01. The number of nitrogens with two attached hydrogens (primary N) is 1. The van der Waals surface area contributed by atoms with Crippen molar-refractivity contribution in [2.24, 2.45) is 5.73 Å². The second-order valence-corrected chi connectivity index (χ2v) is 4.48. The molecule has 1 aliphatic heterocycles. The molecular weight excluding hydrogens is 242 g/mol. The van der Waals surface area contributed by atoms with Gasteiger partial charge in [0.15, 0.2) is 11.5 Å². The van der Waals surface area contributed by atoms with Crippen molar-refractivity contribution in [1.29, 1.82) is 0 Å². The lowest BCUT2D eigenvalue weighted by atomic mass is 10.1. The number of ether oxygens (including phenoxy) is 2. The van der Waals surface area contributed by atoms with E-state index in [1.54, 1.807) is 6.33 Å². The van der Waals surface area contributed by atoms with Gasteiger partial charge in [0.2, 0.25) is 0 Å². The number of fused-ring (bicyclic) bond motifs is 1. The van der Waals surface area contributed by atoms with Gasteiger partial charge in [0.25, 0.3) is 0 Å². The van der Waals surface area contributed by atoms with E-state index in [-0.39, 0.29) is 0 Å². The lowest BCUT2D eigenvalue weighted by Crippen LogP contribution is -2.04. The summed E-state index contributed by atoms with van der Waals surface area (Å²) >= 11 is 0. The van der Waals surface area contributed by atoms with Gasteiger partial charge in [-0.25, -0.2) is 4.98 Å². The van der Waals surface area contributed by atoms with Crippen molar-refractivity contribution in [1.82, 2.24) is 9.97 Å². The molecule has 1 aromatic heterocycles. The number of hydrogen-bond acceptors (Lipinski definition) is 4. The molecule has 1 aromatic carbocycles. The van der Waals surface area contributed by atoms with E-state index in [2.05, 4.69) is 9.97 Å². The van der Waals surface area contributed by atoms with Gasteiger partial charge in [-0.3, -0.25) is 0 Å². The molecule has 0 amide bonds. The van der Waals surface area contributed by atoms with Gasteiger partial charge in [-0.2, -0.15) is 0 Å². The van der Waals surface area contributed by atoms with Crippen LogP contribution in [0.2, 0.25) is 0 Å². The van der Waals surface area contributed by atoms with Gasteiger partial charge in [0, 0.05) is 24.1 Å². The number of benzene rings is 1. The first-order valence-electron chi connectivity index (χ1n) is 6.51. The zero-order valence-corrected chi connectivity index (χ0v) is 10.7. The van der Waals surface area contributed by atoms with Crippen LogP contribution in [0.5, 0.6) is 11.5 Å². The Kier molecular flexibility index (Phi) is 3.37. The minimum atomic E-state index is 0.597. The van der Waals surface area contributed by atoms with Crippen molar-refractivity contribution in [2.75, 3.05) is 19.8 Å². The van der Waals surface area contributed by atoms with Crippen LogP contribution >= 0.6 is 0 Å². The molecule has 19 heavy (non-hydrogen) atoms. The highest BCUT2D eigenvalue weighted by molar-refractivity contribution is 5.66. The number of rotatable bonds is 3. The third-order valence-corrected chi connectivity index (χ3v) is 3.13. The molecule has 0 saturated carbocycles. The summed E-state index contributed by atoms with van der Waals surface area (Å²) in [7, 11) is 0. The van der Waals surface area contributed by atoms with Crippen LogP contribution in [0.3, 0.4) is 0 Å². The summed E-state index contributed by atoms with van der Waals surface area (Å²) in [5, 5.41) is 0. The summed E-state index contributed by atoms with van der Waals surface area (Å²) in [4.78, 5) is 7.50. The molecule has 0 radical (unpaired) electrons. The standard InChI is InChI=1S/C14H17N3O2/c15-5-4-11-14(17-9-16-11)10-2-3-12-13(8-10)19-7-1-6-18-12/h2-3,8-9H,1,4-7,15H2,(H,16,17). The van der Waals surface area contributed by atoms with E-state index >= 15 is 0 Å². The number of hydrogen-bond donors (Lipinski definition) is 2. The van der Waals surface area contributed by atoms with E-state index in [0.717, 1.165) is 41.3 Å². The molecule has 0 bridgehead atoms. The zero-order chi connectivity index (χ0) is 13.1. The normalized spacial score (nSPS) is 14.2. The average Bonchev–Trinajstić information content (AvgIpc) is 2.76. The highest BCUT2D eigenvalue weighted by atomic mass is 16.5. The van der Waals surface area contributed by atoms with Crippen molar-refractivity contribution in [3.8, 4) is 22.8 Å². The number of nitrogens with one attached hydrogen (secondary N) is 1. The Labute approximate surface area is 111 Å². The molecule has 5 nitrogen and oxygen atoms in total. The van der Waals surface area contributed by atoms with E-state index < -0.39 is 0 Å². The molecule has 5 heteroatoms. The third-order valence-electron chi connectivity index (χ3n) is 3.13. The quantitative estimate of drug-likeness (QED) is 0.880. The van der Waals surface area contributed by atoms with Crippen molar-refractivity contribution in [2.45, 2.75) is 12.8 Å². The predicted molar refractivity (Wildman–Crippen MR) is 72.4 cm³/mol. The van der Waals surface area contributed by atoms with Gasteiger partial charge in [0.05, 0.1) is 25.2 Å². The molecule has 0 atom stereocenters. The SMILES string of the molecule is NCCc1[nH]cnc1-c1ccc2c(c1)OCCCO2. The lowest BCUT2D eigenvalue weighted by Gasteiger charge is -2.09. The third kappa shape index (κ3) is 2.42. The second-order valence-electron chi connectivity index (χ2n) is 4.48. The van der Waals surface area contributed by atoms with Crippen LogP contribution in [0.1, 0.15) is 12.1 Å². The fraction of sp³-hybridized carbons (Fsp3) is 0.357. The largest absolute Gasteiger partial charge is 0.490 e. The van der Waals surface area contributed by atoms with Crippen molar-refractivity contribution < 1.29 is 9.47 Å². The maximum atomic E-state index is 5.70. The molecular formula is C14H17N3O2. The molecule has 2 heterocycles. The fourth-order valence-corrected chi connectivity index (χ4v) is 2.22. The summed E-state index contributed by atoms with van der Waals surface area (Å²) < 4.78 is 11.3. The number of aromatic nitrogens is 2. The van der Waals surface area contributed by atoms with Gasteiger partial charge in [0.1, 0.15) is 0 Å². The van der Waals surface area contributed by atoms with E-state index in [1.807, 2.05) is 18.2 Å². The first kappa shape index (κ1) is 12.0. The first-order chi connectivity index (χ1) is 9.38. The lowest BCUT2D eigenvalue weighted by molar-refractivity contribution is 0.297. The number of aromatic amines is 1. The summed E-state index contributed by atoms with van der Waals surface area (Å²) in [6.07, 6.45) is 3.39. The number of imidazole rings is 1. The maximum Gasteiger partial charge on any atom is 0.161 e. The minimum absolute atomic E-state index is 0.597. The van der Waals surface area contributed by atoms with Gasteiger partial charge < -0.3 is 20.2 Å². The van der Waals surface area contributed by atoms with Crippen LogP contribution in [0.15, 0.2) is 24.5 Å². The summed E-state index contributed by atoms with van der Waals surface area (Å²) in [5.74, 6) is 1.59. The van der Waals surface area contributed by atoms with Crippen molar-refractivity contribution >= 4 is 0 Å². The van der Waals surface area contributed by atoms with Gasteiger partial charge in [-0.05, 0) is 24.7 Å². The van der Waals surface area contributed by atoms with Crippen LogP contribution in [-0.4, -0.2) is 29.7 Å². The summed E-state index contributed by atoms with van der Waals surface area (Å²) in [6, 6.07) is 5.93. The Morgan fingerprint density at radius 3 is 2.89 bits per heavy atom. The molecule has 0 unspecified atom stereocenters. The highest BCUT2D eigenvalue weighted by Crippen LogP contribution is 2.34. The zero-order valence-electron chi connectivity index (χ0n) is 10.7. The summed E-state index contributed by atoms with van der Waals surface area (Å²) in [6.45, 7) is 1.99. The number of nitrogens with zero attached hydrogens (tertiary/aromatic N) is 1. The van der Waals surface area contributed by atoms with E-state index in [4.69, 9.17) is 15.2 Å². The monoisotopic (exact) mass is 259 g/mol. The van der Waals surface area contributed by atoms with Gasteiger partial charge >= 0.3 is 0 Å². The van der Waals surface area contributed by atoms with Crippen LogP contribution < -0.4 is 15.2 Å². The Balaban J connectivity index is 1.97.